The summed E-state index contributed by atoms with van der Waals surface area (Å²) < 4.78 is 6.13. The quantitative estimate of drug-likeness (QED) is 0.864. The van der Waals surface area contributed by atoms with Crippen molar-refractivity contribution in [2.75, 3.05) is 7.11 Å². The summed E-state index contributed by atoms with van der Waals surface area (Å²) in [7, 11) is 1.62. The van der Waals surface area contributed by atoms with Gasteiger partial charge in [-0.1, -0.05) is 22.0 Å². The van der Waals surface area contributed by atoms with E-state index in [2.05, 4.69) is 15.9 Å². The Balaban J connectivity index is 2.52. The van der Waals surface area contributed by atoms with Crippen molar-refractivity contribution >= 4 is 15.9 Å². The predicted molar refractivity (Wildman–Crippen MR) is 53.8 cm³/mol. The first-order valence-electron chi connectivity index (χ1n) is 4.23. The molecule has 0 saturated heterocycles. The van der Waals surface area contributed by atoms with Crippen molar-refractivity contribution in [3.05, 3.63) is 28.2 Å². The highest BCUT2D eigenvalue weighted by Crippen LogP contribution is 2.51. The van der Waals surface area contributed by atoms with Crippen LogP contribution in [0.2, 0.25) is 0 Å². The van der Waals surface area contributed by atoms with Crippen LogP contribution in [0.1, 0.15) is 18.4 Å². The van der Waals surface area contributed by atoms with Gasteiger partial charge in [0.15, 0.2) is 0 Å². The van der Waals surface area contributed by atoms with Gasteiger partial charge in [0.2, 0.25) is 0 Å². The number of hydrogen-bond donors (Lipinski definition) is 1. The molecule has 13 heavy (non-hydrogen) atoms. The van der Waals surface area contributed by atoms with Gasteiger partial charge in [0.1, 0.15) is 5.75 Å². The van der Waals surface area contributed by atoms with Crippen LogP contribution in [0.25, 0.3) is 0 Å². The van der Waals surface area contributed by atoms with Crippen molar-refractivity contribution < 1.29 is 9.84 Å². The molecule has 0 amide bonds. The zero-order chi connectivity index (χ0) is 9.47. The van der Waals surface area contributed by atoms with E-state index in [1.165, 1.54) is 0 Å². The molecule has 0 unspecified atom stereocenters. The maximum atomic E-state index is 9.98. The highest BCUT2D eigenvalue weighted by atomic mass is 79.9. The molecule has 1 fully saturated rings. The number of ether oxygens (including phenoxy) is 1. The van der Waals surface area contributed by atoms with Crippen LogP contribution in [0.5, 0.6) is 5.75 Å². The van der Waals surface area contributed by atoms with Crippen molar-refractivity contribution in [1.82, 2.24) is 0 Å². The molecule has 0 aliphatic heterocycles. The van der Waals surface area contributed by atoms with Gasteiger partial charge < -0.3 is 9.84 Å². The zero-order valence-electron chi connectivity index (χ0n) is 7.38. The van der Waals surface area contributed by atoms with E-state index >= 15 is 0 Å². The molecule has 1 saturated carbocycles. The van der Waals surface area contributed by atoms with Gasteiger partial charge in [0.25, 0.3) is 0 Å². The summed E-state index contributed by atoms with van der Waals surface area (Å²) >= 11 is 3.42. The second-order valence-electron chi connectivity index (χ2n) is 3.35. The Morgan fingerprint density at radius 3 is 2.69 bits per heavy atom. The van der Waals surface area contributed by atoms with Crippen LogP contribution in [0.4, 0.5) is 0 Å². The van der Waals surface area contributed by atoms with E-state index in [1.54, 1.807) is 7.11 Å². The van der Waals surface area contributed by atoms with Crippen LogP contribution in [-0.4, -0.2) is 12.2 Å². The Morgan fingerprint density at radius 2 is 2.15 bits per heavy atom. The maximum absolute atomic E-state index is 9.98. The van der Waals surface area contributed by atoms with Crippen molar-refractivity contribution in [2.24, 2.45) is 0 Å². The second-order valence-corrected chi connectivity index (χ2v) is 4.20. The summed E-state index contributed by atoms with van der Waals surface area (Å²) in [4.78, 5) is 0. The summed E-state index contributed by atoms with van der Waals surface area (Å²) in [6, 6.07) is 5.70. The van der Waals surface area contributed by atoms with Crippen molar-refractivity contribution in [3.8, 4) is 5.75 Å². The van der Waals surface area contributed by atoms with Crippen LogP contribution in [0, 0.1) is 0 Å². The molecule has 1 N–H and O–H groups in total. The third-order valence-electron chi connectivity index (χ3n) is 2.38. The van der Waals surface area contributed by atoms with Crippen molar-refractivity contribution in [2.45, 2.75) is 18.4 Å². The Morgan fingerprint density at radius 1 is 1.46 bits per heavy atom. The number of halogens is 1. The normalized spacial score (nSPS) is 18.4. The molecule has 0 radical (unpaired) electrons. The van der Waals surface area contributed by atoms with Crippen LogP contribution in [-0.2, 0) is 5.60 Å². The second kappa shape index (κ2) is 3.00. The molecule has 1 aliphatic carbocycles. The summed E-state index contributed by atoms with van der Waals surface area (Å²) in [5.74, 6) is 0.759. The molecule has 0 aromatic heterocycles. The Bertz CT molecular complexity index is 332. The number of methoxy groups -OCH3 is 1. The molecule has 0 heterocycles. The Labute approximate surface area is 85.7 Å². The lowest BCUT2D eigenvalue weighted by molar-refractivity contribution is 0.146. The van der Waals surface area contributed by atoms with Crippen LogP contribution >= 0.6 is 15.9 Å². The van der Waals surface area contributed by atoms with Gasteiger partial charge in [-0.15, -0.1) is 0 Å². The first-order valence-corrected chi connectivity index (χ1v) is 5.02. The smallest absolute Gasteiger partial charge is 0.126 e. The Hall–Kier alpha value is -0.540. The molecule has 70 valence electrons. The molecule has 0 atom stereocenters. The summed E-state index contributed by atoms with van der Waals surface area (Å²) in [6.07, 6.45) is 1.65. The molecule has 1 aromatic carbocycles. The third kappa shape index (κ3) is 1.46. The average molecular weight is 243 g/mol. The molecule has 2 rings (SSSR count). The lowest BCUT2D eigenvalue weighted by atomic mass is 10.1. The van der Waals surface area contributed by atoms with E-state index in [0.29, 0.717) is 0 Å². The summed E-state index contributed by atoms with van der Waals surface area (Å²) in [5.41, 5.74) is 0.239. The van der Waals surface area contributed by atoms with Gasteiger partial charge in [0.05, 0.1) is 12.7 Å². The summed E-state index contributed by atoms with van der Waals surface area (Å²) in [5, 5.41) is 9.98. The average Bonchev–Trinajstić information content (AvgIpc) is 2.84. The van der Waals surface area contributed by atoms with Crippen LogP contribution in [0.15, 0.2) is 22.7 Å². The highest BCUT2D eigenvalue weighted by Gasteiger charge is 2.45. The maximum Gasteiger partial charge on any atom is 0.126 e. The molecule has 0 spiro atoms. The molecule has 2 nitrogen and oxygen atoms in total. The summed E-state index contributed by atoms with van der Waals surface area (Å²) in [6.45, 7) is 0. The zero-order valence-corrected chi connectivity index (χ0v) is 8.97. The predicted octanol–water partition coefficient (Wildman–Crippen LogP) is 2.44. The first kappa shape index (κ1) is 9.03. The van der Waals surface area contributed by atoms with E-state index in [0.717, 1.165) is 28.6 Å². The SMILES string of the molecule is COc1cccc(Br)c1C1(O)CC1. The topological polar surface area (TPSA) is 29.5 Å². The number of aliphatic hydroxyl groups is 1. The fraction of sp³-hybridized carbons (Fsp3) is 0.400. The van der Waals surface area contributed by atoms with E-state index < -0.39 is 5.60 Å². The largest absolute Gasteiger partial charge is 0.496 e. The first-order chi connectivity index (χ1) is 6.17. The molecule has 1 aromatic rings. The fourth-order valence-corrected chi connectivity index (χ4v) is 2.21. The minimum atomic E-state index is -0.647. The van der Waals surface area contributed by atoms with Gasteiger partial charge in [-0.05, 0) is 25.0 Å². The minimum Gasteiger partial charge on any atom is -0.496 e. The van der Waals surface area contributed by atoms with Crippen molar-refractivity contribution in [1.29, 1.82) is 0 Å². The van der Waals surface area contributed by atoms with Crippen molar-refractivity contribution in [3.63, 3.8) is 0 Å². The van der Waals surface area contributed by atoms with E-state index in [4.69, 9.17) is 4.74 Å². The van der Waals surface area contributed by atoms with Crippen LogP contribution in [0.3, 0.4) is 0 Å². The standard InChI is InChI=1S/C10H11BrO2/c1-13-8-4-2-3-7(11)9(8)10(12)5-6-10/h2-4,12H,5-6H2,1H3. The Kier molecular flexibility index (Phi) is 2.08. The third-order valence-corrected chi connectivity index (χ3v) is 3.05. The van der Waals surface area contributed by atoms with E-state index in [1.807, 2.05) is 18.2 Å². The van der Waals surface area contributed by atoms with Gasteiger partial charge in [-0.2, -0.15) is 0 Å². The van der Waals surface area contributed by atoms with E-state index in [9.17, 15) is 5.11 Å². The molecule has 0 bridgehead atoms. The van der Waals surface area contributed by atoms with Gasteiger partial charge in [0, 0.05) is 10.0 Å². The minimum absolute atomic E-state index is 0.647. The molecular formula is C10H11BrO2. The monoisotopic (exact) mass is 242 g/mol. The fourth-order valence-electron chi connectivity index (χ4n) is 1.49. The lowest BCUT2D eigenvalue weighted by Gasteiger charge is -2.14. The number of rotatable bonds is 2. The molecule has 3 heteroatoms. The van der Waals surface area contributed by atoms with Crippen LogP contribution < -0.4 is 4.74 Å². The van der Waals surface area contributed by atoms with Gasteiger partial charge in [-0.25, -0.2) is 0 Å². The number of hydrogen-bond acceptors (Lipinski definition) is 2. The lowest BCUT2D eigenvalue weighted by Crippen LogP contribution is -2.07. The van der Waals surface area contributed by atoms with E-state index in [-0.39, 0.29) is 0 Å². The highest BCUT2D eigenvalue weighted by molar-refractivity contribution is 9.10. The molecule has 1 aliphatic rings. The van der Waals surface area contributed by atoms with Gasteiger partial charge >= 0.3 is 0 Å². The number of benzene rings is 1. The van der Waals surface area contributed by atoms with Gasteiger partial charge in [-0.3, -0.25) is 0 Å². The molecular weight excluding hydrogens is 232 g/mol.